The van der Waals surface area contributed by atoms with Crippen LogP contribution in [0.15, 0.2) is 12.1 Å². The van der Waals surface area contributed by atoms with Crippen LogP contribution in [0.5, 0.6) is 0 Å². The molecule has 0 bridgehead atoms. The summed E-state index contributed by atoms with van der Waals surface area (Å²) in [7, 11) is 0. The van der Waals surface area contributed by atoms with E-state index in [1.54, 1.807) is 6.07 Å². The Morgan fingerprint density at radius 2 is 2.10 bits per heavy atom. The number of aryl methyl sites for hydroxylation is 1. The van der Waals surface area contributed by atoms with E-state index >= 15 is 0 Å². The van der Waals surface area contributed by atoms with E-state index in [-0.39, 0.29) is 11.9 Å². The van der Waals surface area contributed by atoms with Gasteiger partial charge in [0.1, 0.15) is 5.82 Å². The van der Waals surface area contributed by atoms with Crippen LogP contribution in [0, 0.1) is 18.7 Å². The van der Waals surface area contributed by atoms with Crippen LogP contribution in [0.2, 0.25) is 0 Å². The molecule has 2 N–H and O–H groups in total. The molecule has 0 radical (unpaired) electrons. The zero-order chi connectivity index (χ0) is 14.7. The van der Waals surface area contributed by atoms with Crippen molar-refractivity contribution < 1.29 is 4.39 Å². The summed E-state index contributed by atoms with van der Waals surface area (Å²) in [5.41, 5.74) is 8.82. The van der Waals surface area contributed by atoms with Crippen molar-refractivity contribution in [3.8, 4) is 0 Å². The molecule has 0 amide bonds. The molecule has 0 saturated carbocycles. The van der Waals surface area contributed by atoms with E-state index in [2.05, 4.69) is 11.8 Å². The molecule has 1 fully saturated rings. The molecule has 112 valence electrons. The summed E-state index contributed by atoms with van der Waals surface area (Å²) >= 11 is 0. The summed E-state index contributed by atoms with van der Waals surface area (Å²) in [4.78, 5) is 2.40. The third-order valence-electron chi connectivity index (χ3n) is 4.56. The van der Waals surface area contributed by atoms with E-state index in [9.17, 15) is 4.39 Å². The van der Waals surface area contributed by atoms with Gasteiger partial charge in [-0.25, -0.2) is 4.39 Å². The number of halogens is 1. The lowest BCUT2D eigenvalue weighted by Crippen LogP contribution is -2.27. The summed E-state index contributed by atoms with van der Waals surface area (Å²) in [6, 6.07) is 3.46. The van der Waals surface area contributed by atoms with Gasteiger partial charge in [-0.15, -0.1) is 0 Å². The lowest BCUT2D eigenvalue weighted by atomic mass is 9.98. The molecule has 1 heterocycles. The van der Waals surface area contributed by atoms with Crippen molar-refractivity contribution in [3.63, 3.8) is 0 Å². The first-order valence-corrected chi connectivity index (χ1v) is 7.83. The maximum Gasteiger partial charge on any atom is 0.126 e. The first-order chi connectivity index (χ1) is 9.52. The number of rotatable bonds is 3. The van der Waals surface area contributed by atoms with Crippen LogP contribution in [-0.4, -0.2) is 13.1 Å². The van der Waals surface area contributed by atoms with Crippen LogP contribution >= 0.6 is 0 Å². The number of hydrogen-bond donors (Lipinski definition) is 1. The molecule has 3 heteroatoms. The van der Waals surface area contributed by atoms with Gasteiger partial charge < -0.3 is 10.6 Å². The standard InChI is InChI=1S/C17H27FN2/c1-4-14-6-5-8-20(9-7-14)17-10-12(2)16(18)11-15(17)13(3)19/h10-11,13-14H,4-9,19H2,1-3H3. The SMILES string of the molecule is CCC1CCCN(c2cc(C)c(F)cc2C(C)N)CC1. The monoisotopic (exact) mass is 278 g/mol. The van der Waals surface area contributed by atoms with Gasteiger partial charge in [-0.2, -0.15) is 0 Å². The Hall–Kier alpha value is -1.09. The zero-order valence-corrected chi connectivity index (χ0v) is 13.0. The van der Waals surface area contributed by atoms with E-state index < -0.39 is 0 Å². The molecule has 1 aromatic rings. The van der Waals surface area contributed by atoms with Crippen molar-refractivity contribution in [1.82, 2.24) is 0 Å². The van der Waals surface area contributed by atoms with Gasteiger partial charge in [-0.3, -0.25) is 0 Å². The highest BCUT2D eigenvalue weighted by atomic mass is 19.1. The molecular weight excluding hydrogens is 251 g/mol. The van der Waals surface area contributed by atoms with Gasteiger partial charge in [-0.1, -0.05) is 13.3 Å². The Bertz CT molecular complexity index is 457. The second-order valence-electron chi connectivity index (χ2n) is 6.14. The first-order valence-electron chi connectivity index (χ1n) is 7.83. The van der Waals surface area contributed by atoms with Gasteiger partial charge in [0.05, 0.1) is 0 Å². The molecule has 20 heavy (non-hydrogen) atoms. The lowest BCUT2D eigenvalue weighted by molar-refractivity contribution is 0.459. The minimum atomic E-state index is -0.151. The first kappa shape index (κ1) is 15.3. The zero-order valence-electron chi connectivity index (χ0n) is 13.0. The minimum Gasteiger partial charge on any atom is -0.371 e. The van der Waals surface area contributed by atoms with Crippen LogP contribution in [-0.2, 0) is 0 Å². The molecule has 2 atom stereocenters. The van der Waals surface area contributed by atoms with E-state index in [0.717, 1.165) is 30.3 Å². The number of nitrogens with two attached hydrogens (primary N) is 1. The van der Waals surface area contributed by atoms with Crippen molar-refractivity contribution >= 4 is 5.69 Å². The summed E-state index contributed by atoms with van der Waals surface area (Å²) in [6.07, 6.45) is 5.01. The van der Waals surface area contributed by atoms with Crippen molar-refractivity contribution in [3.05, 3.63) is 29.1 Å². The fraction of sp³-hybridized carbons (Fsp3) is 0.647. The second kappa shape index (κ2) is 6.57. The fourth-order valence-corrected chi connectivity index (χ4v) is 3.13. The molecule has 0 aliphatic carbocycles. The summed E-state index contributed by atoms with van der Waals surface area (Å²) in [5.74, 6) is 0.683. The quantitative estimate of drug-likeness (QED) is 0.899. The van der Waals surface area contributed by atoms with Crippen molar-refractivity contribution in [1.29, 1.82) is 0 Å². The van der Waals surface area contributed by atoms with Crippen molar-refractivity contribution in [2.45, 2.75) is 52.5 Å². The predicted octanol–water partition coefficient (Wildman–Crippen LogP) is 4.17. The Balaban J connectivity index is 2.29. The Kier molecular flexibility index (Phi) is 5.03. The van der Waals surface area contributed by atoms with Crippen LogP contribution < -0.4 is 10.6 Å². The number of hydrogen-bond acceptors (Lipinski definition) is 2. The molecule has 2 rings (SSSR count). The lowest BCUT2D eigenvalue weighted by Gasteiger charge is -2.27. The molecule has 0 aromatic heterocycles. The smallest absolute Gasteiger partial charge is 0.126 e. The van der Waals surface area contributed by atoms with Gasteiger partial charge in [0.2, 0.25) is 0 Å². The van der Waals surface area contributed by atoms with Crippen molar-refractivity contribution in [2.75, 3.05) is 18.0 Å². The molecular formula is C17H27FN2. The molecule has 2 nitrogen and oxygen atoms in total. The van der Waals surface area contributed by atoms with Crippen LogP contribution in [0.3, 0.4) is 0 Å². The third kappa shape index (κ3) is 3.32. The molecule has 1 aliphatic heterocycles. The van der Waals surface area contributed by atoms with E-state index in [1.807, 2.05) is 19.9 Å². The number of anilines is 1. The molecule has 0 spiro atoms. The second-order valence-corrected chi connectivity index (χ2v) is 6.14. The third-order valence-corrected chi connectivity index (χ3v) is 4.56. The highest BCUT2D eigenvalue weighted by Crippen LogP contribution is 2.31. The minimum absolute atomic E-state index is 0.134. The van der Waals surface area contributed by atoms with Crippen LogP contribution in [0.4, 0.5) is 10.1 Å². The molecule has 2 unspecified atom stereocenters. The normalized spacial score (nSPS) is 21.6. The van der Waals surface area contributed by atoms with Crippen LogP contribution in [0.25, 0.3) is 0 Å². The topological polar surface area (TPSA) is 29.3 Å². The predicted molar refractivity (Wildman–Crippen MR) is 83.6 cm³/mol. The van der Waals surface area contributed by atoms with Gasteiger partial charge in [-0.05, 0) is 62.3 Å². The number of benzene rings is 1. The molecule has 1 aliphatic rings. The summed E-state index contributed by atoms with van der Waals surface area (Å²) in [5, 5.41) is 0. The maximum absolute atomic E-state index is 13.8. The fourth-order valence-electron chi connectivity index (χ4n) is 3.13. The van der Waals surface area contributed by atoms with Gasteiger partial charge >= 0.3 is 0 Å². The average Bonchev–Trinajstić information content (AvgIpc) is 2.66. The summed E-state index contributed by atoms with van der Waals surface area (Å²) in [6.45, 7) is 8.15. The van der Waals surface area contributed by atoms with Gasteiger partial charge in [0.15, 0.2) is 0 Å². The Labute approximate surface area is 122 Å². The Morgan fingerprint density at radius 3 is 2.75 bits per heavy atom. The number of nitrogens with zero attached hydrogens (tertiary/aromatic N) is 1. The Morgan fingerprint density at radius 1 is 1.35 bits per heavy atom. The van der Waals surface area contributed by atoms with Gasteiger partial charge in [0.25, 0.3) is 0 Å². The highest BCUT2D eigenvalue weighted by molar-refractivity contribution is 5.57. The van der Waals surface area contributed by atoms with Gasteiger partial charge in [0, 0.05) is 24.8 Å². The largest absolute Gasteiger partial charge is 0.371 e. The van der Waals surface area contributed by atoms with E-state index in [0.29, 0.717) is 5.56 Å². The molecule has 1 saturated heterocycles. The van der Waals surface area contributed by atoms with E-state index in [1.165, 1.54) is 25.7 Å². The molecule has 1 aromatic carbocycles. The van der Waals surface area contributed by atoms with Crippen molar-refractivity contribution in [2.24, 2.45) is 11.7 Å². The summed E-state index contributed by atoms with van der Waals surface area (Å²) < 4.78 is 13.8. The average molecular weight is 278 g/mol. The van der Waals surface area contributed by atoms with E-state index in [4.69, 9.17) is 5.73 Å². The highest BCUT2D eigenvalue weighted by Gasteiger charge is 2.20. The van der Waals surface area contributed by atoms with Crippen LogP contribution in [0.1, 0.15) is 56.7 Å². The maximum atomic E-state index is 13.8.